The minimum absolute atomic E-state index is 0.0341. The van der Waals surface area contributed by atoms with Gasteiger partial charge in [-0.15, -0.1) is 0 Å². The Hall–Kier alpha value is -3.28. The molecule has 1 aromatic heterocycles. The molecule has 0 N–H and O–H groups in total. The molecule has 1 aliphatic rings. The van der Waals surface area contributed by atoms with Crippen LogP contribution < -0.4 is 9.47 Å². The lowest BCUT2D eigenvalue weighted by Gasteiger charge is -2.29. The Labute approximate surface area is 164 Å². The van der Waals surface area contributed by atoms with Crippen molar-refractivity contribution < 1.29 is 14.3 Å². The van der Waals surface area contributed by atoms with E-state index in [0.29, 0.717) is 24.4 Å². The van der Waals surface area contributed by atoms with E-state index < -0.39 is 0 Å². The van der Waals surface area contributed by atoms with Crippen molar-refractivity contribution in [1.29, 1.82) is 0 Å². The number of rotatable bonds is 4. The number of methoxy groups -OCH3 is 2. The Morgan fingerprint density at radius 3 is 2.32 bits per heavy atom. The molecule has 28 heavy (non-hydrogen) atoms. The number of aromatic nitrogens is 2. The lowest BCUT2D eigenvalue weighted by molar-refractivity contribution is 0.0734. The minimum Gasteiger partial charge on any atom is -0.493 e. The normalized spacial score (nSPS) is 13.2. The fraction of sp³-hybridized carbons (Fsp3) is 0.273. The van der Waals surface area contributed by atoms with E-state index in [1.54, 1.807) is 20.4 Å². The summed E-state index contributed by atoms with van der Waals surface area (Å²) in [6.07, 6.45) is 4.47. The standard InChI is InChI=1S/C22H23N3O3/c1-24-11-9-23-21(24)15-4-6-16(7-5-15)22(26)25-10-8-17-12-19(27-2)20(28-3)13-18(17)14-25/h4-7,9,11-13H,8,10,14H2,1-3H3. The van der Waals surface area contributed by atoms with Gasteiger partial charge in [0.2, 0.25) is 0 Å². The lowest BCUT2D eigenvalue weighted by Crippen LogP contribution is -2.36. The molecule has 0 saturated carbocycles. The molecule has 6 nitrogen and oxygen atoms in total. The smallest absolute Gasteiger partial charge is 0.254 e. The van der Waals surface area contributed by atoms with Gasteiger partial charge in [0, 0.05) is 43.7 Å². The molecule has 0 spiro atoms. The molecule has 0 atom stereocenters. The first kappa shape index (κ1) is 18.1. The summed E-state index contributed by atoms with van der Waals surface area (Å²) in [6, 6.07) is 11.6. The van der Waals surface area contributed by atoms with Crippen molar-refractivity contribution in [2.45, 2.75) is 13.0 Å². The summed E-state index contributed by atoms with van der Waals surface area (Å²) in [5.41, 5.74) is 3.97. The van der Waals surface area contributed by atoms with E-state index in [1.807, 2.05) is 59.1 Å². The second kappa shape index (κ2) is 7.38. The third kappa shape index (κ3) is 3.22. The highest BCUT2D eigenvalue weighted by Crippen LogP contribution is 2.33. The van der Waals surface area contributed by atoms with Gasteiger partial charge in [-0.3, -0.25) is 4.79 Å². The maximum absolute atomic E-state index is 13.0. The number of aryl methyl sites for hydroxylation is 1. The van der Waals surface area contributed by atoms with Gasteiger partial charge in [0.1, 0.15) is 5.82 Å². The first-order valence-electron chi connectivity index (χ1n) is 9.21. The van der Waals surface area contributed by atoms with Crippen molar-refractivity contribution in [3.63, 3.8) is 0 Å². The Balaban J connectivity index is 1.54. The molecule has 0 aliphatic carbocycles. The first-order valence-corrected chi connectivity index (χ1v) is 9.21. The molecule has 2 aromatic carbocycles. The SMILES string of the molecule is COc1cc2c(cc1OC)CN(C(=O)c1ccc(-c3nccn3C)cc1)CC2. The Morgan fingerprint density at radius 2 is 1.71 bits per heavy atom. The van der Waals surface area contributed by atoms with Crippen LogP contribution in [0.5, 0.6) is 11.5 Å². The van der Waals surface area contributed by atoms with E-state index in [9.17, 15) is 4.79 Å². The van der Waals surface area contributed by atoms with E-state index in [4.69, 9.17) is 9.47 Å². The minimum atomic E-state index is 0.0341. The summed E-state index contributed by atoms with van der Waals surface area (Å²) in [5, 5.41) is 0. The number of fused-ring (bicyclic) bond motifs is 1. The molecule has 144 valence electrons. The van der Waals surface area contributed by atoms with Crippen LogP contribution in [0.25, 0.3) is 11.4 Å². The summed E-state index contributed by atoms with van der Waals surface area (Å²) in [4.78, 5) is 19.2. The van der Waals surface area contributed by atoms with E-state index in [0.717, 1.165) is 29.1 Å². The fourth-order valence-corrected chi connectivity index (χ4v) is 3.64. The molecule has 1 aliphatic heterocycles. The number of hydrogen-bond acceptors (Lipinski definition) is 4. The third-order valence-electron chi connectivity index (χ3n) is 5.22. The Kier molecular flexibility index (Phi) is 4.77. The van der Waals surface area contributed by atoms with Gasteiger partial charge in [0.15, 0.2) is 11.5 Å². The highest BCUT2D eigenvalue weighted by Gasteiger charge is 2.23. The molecule has 0 unspecified atom stereocenters. The van der Waals surface area contributed by atoms with Crippen molar-refractivity contribution >= 4 is 5.91 Å². The summed E-state index contributed by atoms with van der Waals surface area (Å²) in [5.74, 6) is 2.33. The van der Waals surface area contributed by atoms with Gasteiger partial charge in [-0.2, -0.15) is 0 Å². The maximum Gasteiger partial charge on any atom is 0.254 e. The van der Waals surface area contributed by atoms with E-state index in [1.165, 1.54) is 5.56 Å². The van der Waals surface area contributed by atoms with Crippen molar-refractivity contribution in [3.05, 3.63) is 65.5 Å². The average molecular weight is 377 g/mol. The van der Waals surface area contributed by atoms with E-state index in [2.05, 4.69) is 4.98 Å². The second-order valence-electron chi connectivity index (χ2n) is 6.89. The Bertz CT molecular complexity index is 1010. The molecule has 0 bridgehead atoms. The Morgan fingerprint density at radius 1 is 1.04 bits per heavy atom. The van der Waals surface area contributed by atoms with Crippen LogP contribution in [0.15, 0.2) is 48.8 Å². The van der Waals surface area contributed by atoms with Crippen molar-refractivity contribution in [1.82, 2.24) is 14.5 Å². The van der Waals surface area contributed by atoms with Crippen LogP contribution in [0.1, 0.15) is 21.5 Å². The van der Waals surface area contributed by atoms with E-state index >= 15 is 0 Å². The number of carbonyl (C=O) groups is 1. The molecule has 2 heterocycles. The van der Waals surface area contributed by atoms with Crippen molar-refractivity contribution in [3.8, 4) is 22.9 Å². The van der Waals surface area contributed by atoms with Gasteiger partial charge in [0.05, 0.1) is 14.2 Å². The van der Waals surface area contributed by atoms with Crippen LogP contribution in [-0.4, -0.2) is 41.1 Å². The number of benzene rings is 2. The second-order valence-corrected chi connectivity index (χ2v) is 6.89. The molecular formula is C22H23N3O3. The average Bonchev–Trinajstić information content (AvgIpc) is 3.17. The van der Waals surface area contributed by atoms with Gasteiger partial charge in [-0.05, 0) is 41.8 Å². The van der Waals surface area contributed by atoms with Gasteiger partial charge in [-0.25, -0.2) is 4.98 Å². The molecule has 0 fully saturated rings. The molecule has 0 radical (unpaired) electrons. The number of hydrogen-bond donors (Lipinski definition) is 0. The molecule has 1 amide bonds. The predicted octanol–water partition coefficient (Wildman–Crippen LogP) is 3.30. The molecular weight excluding hydrogens is 354 g/mol. The van der Waals surface area contributed by atoms with Gasteiger partial charge >= 0.3 is 0 Å². The number of ether oxygens (including phenoxy) is 2. The summed E-state index contributed by atoms with van der Waals surface area (Å²) < 4.78 is 12.7. The van der Waals surface area contributed by atoms with Gasteiger partial charge in [0.25, 0.3) is 5.91 Å². The highest BCUT2D eigenvalue weighted by atomic mass is 16.5. The number of nitrogens with zero attached hydrogens (tertiary/aromatic N) is 3. The van der Waals surface area contributed by atoms with Crippen molar-refractivity contribution in [2.75, 3.05) is 20.8 Å². The zero-order valence-corrected chi connectivity index (χ0v) is 16.3. The predicted molar refractivity (Wildman–Crippen MR) is 107 cm³/mol. The number of carbonyl (C=O) groups excluding carboxylic acids is 1. The van der Waals surface area contributed by atoms with Crippen LogP contribution in [0, 0.1) is 0 Å². The molecule has 3 aromatic rings. The quantitative estimate of drug-likeness (QED) is 0.700. The first-order chi connectivity index (χ1) is 13.6. The number of imidazole rings is 1. The monoisotopic (exact) mass is 377 g/mol. The highest BCUT2D eigenvalue weighted by molar-refractivity contribution is 5.94. The largest absolute Gasteiger partial charge is 0.493 e. The third-order valence-corrected chi connectivity index (χ3v) is 5.22. The van der Waals surface area contributed by atoms with E-state index in [-0.39, 0.29) is 5.91 Å². The summed E-state index contributed by atoms with van der Waals surface area (Å²) >= 11 is 0. The molecule has 0 saturated heterocycles. The lowest BCUT2D eigenvalue weighted by atomic mass is 9.98. The summed E-state index contributed by atoms with van der Waals surface area (Å²) in [6.45, 7) is 1.25. The van der Waals surface area contributed by atoms with Crippen LogP contribution in [0.4, 0.5) is 0 Å². The fourth-order valence-electron chi connectivity index (χ4n) is 3.64. The van der Waals surface area contributed by atoms with Gasteiger partial charge in [-0.1, -0.05) is 12.1 Å². The maximum atomic E-state index is 13.0. The van der Waals surface area contributed by atoms with Crippen LogP contribution in [0.2, 0.25) is 0 Å². The van der Waals surface area contributed by atoms with Gasteiger partial charge < -0.3 is 18.9 Å². The van der Waals surface area contributed by atoms with Crippen LogP contribution in [0.3, 0.4) is 0 Å². The zero-order chi connectivity index (χ0) is 19.7. The van der Waals surface area contributed by atoms with Crippen molar-refractivity contribution in [2.24, 2.45) is 7.05 Å². The molecule has 4 rings (SSSR count). The summed E-state index contributed by atoms with van der Waals surface area (Å²) in [7, 11) is 5.21. The van der Waals surface area contributed by atoms with Crippen LogP contribution in [-0.2, 0) is 20.0 Å². The molecule has 6 heteroatoms. The van der Waals surface area contributed by atoms with Crippen LogP contribution >= 0.6 is 0 Å². The topological polar surface area (TPSA) is 56.6 Å². The number of amides is 1. The zero-order valence-electron chi connectivity index (χ0n) is 16.3.